The average Bonchev–Trinajstić information content (AvgIpc) is 2.85. The number of amides is 2. The summed E-state index contributed by atoms with van der Waals surface area (Å²) in [6.45, 7) is 1.59. The Kier molecular flexibility index (Phi) is 7.50. The lowest BCUT2D eigenvalue weighted by Gasteiger charge is -2.52. The second-order valence-corrected chi connectivity index (χ2v) is 11.0. The standard InChI is InChI=1S/C27H34N4O9/c1-6-40-26(38)29-10-12-9-15(30(2)3)13-7-11-8-14-19(31(4)5)22(34)18(25(28)37)24(36)27(14,39)23(35)16(11)21(33)17(13)20(12)32/h9,11,14,16,18-19,32,39H,6-8,10H2,1-5H3,(H2,28,37)(H,29,38)/t11-,14-,16?,18?,19-,27-/m0/s1. The van der Waals surface area contributed by atoms with E-state index >= 15 is 0 Å². The van der Waals surface area contributed by atoms with Crippen LogP contribution in [0.3, 0.4) is 0 Å². The van der Waals surface area contributed by atoms with Crippen molar-refractivity contribution < 1.29 is 43.7 Å². The summed E-state index contributed by atoms with van der Waals surface area (Å²) < 4.78 is 4.86. The highest BCUT2D eigenvalue weighted by Crippen LogP contribution is 2.52. The summed E-state index contributed by atoms with van der Waals surface area (Å²) in [6, 6.07) is 0.461. The normalized spacial score (nSPS) is 29.4. The Balaban J connectivity index is 1.83. The van der Waals surface area contributed by atoms with E-state index in [0.29, 0.717) is 11.3 Å². The van der Waals surface area contributed by atoms with Gasteiger partial charge < -0.3 is 30.9 Å². The zero-order valence-corrected chi connectivity index (χ0v) is 23.0. The van der Waals surface area contributed by atoms with Gasteiger partial charge in [0.15, 0.2) is 34.7 Å². The Morgan fingerprint density at radius 1 is 1.15 bits per heavy atom. The number of likely N-dealkylation sites (N-methyl/N-ethyl adjacent to an activating group) is 1. The number of hydrogen-bond donors (Lipinski definition) is 4. The predicted molar refractivity (Wildman–Crippen MR) is 140 cm³/mol. The molecule has 2 fully saturated rings. The molecular formula is C27H34N4O9. The van der Waals surface area contributed by atoms with Crippen molar-refractivity contribution >= 4 is 40.8 Å². The maximum Gasteiger partial charge on any atom is 0.407 e. The van der Waals surface area contributed by atoms with E-state index in [2.05, 4.69) is 5.32 Å². The van der Waals surface area contributed by atoms with Crippen molar-refractivity contribution in [3.63, 3.8) is 0 Å². The number of Topliss-reactive ketones (excluding diaryl/α,β-unsaturated/α-hetero) is 4. The van der Waals surface area contributed by atoms with Gasteiger partial charge in [-0.1, -0.05) is 0 Å². The minimum absolute atomic E-state index is 0.0380. The smallest absolute Gasteiger partial charge is 0.407 e. The summed E-state index contributed by atoms with van der Waals surface area (Å²) in [4.78, 5) is 81.6. The maximum absolute atomic E-state index is 14.0. The number of aromatic hydroxyl groups is 1. The van der Waals surface area contributed by atoms with Crippen molar-refractivity contribution in [3.05, 3.63) is 22.8 Å². The van der Waals surface area contributed by atoms with Crippen molar-refractivity contribution in [1.82, 2.24) is 10.2 Å². The highest BCUT2D eigenvalue weighted by atomic mass is 16.5. The van der Waals surface area contributed by atoms with Crippen LogP contribution in [0, 0.1) is 23.7 Å². The van der Waals surface area contributed by atoms with Crippen LogP contribution in [0.15, 0.2) is 6.07 Å². The molecule has 2 saturated carbocycles. The first-order valence-electron chi connectivity index (χ1n) is 13.0. The second kappa shape index (κ2) is 10.3. The van der Waals surface area contributed by atoms with E-state index in [-0.39, 0.29) is 37.1 Å². The molecule has 0 spiro atoms. The molecule has 13 nitrogen and oxygen atoms in total. The van der Waals surface area contributed by atoms with Crippen LogP contribution in [0.5, 0.6) is 5.75 Å². The Bertz CT molecular complexity index is 1320. The van der Waals surface area contributed by atoms with E-state index in [1.54, 1.807) is 32.0 Å². The molecule has 3 aliphatic rings. The van der Waals surface area contributed by atoms with Crippen molar-refractivity contribution in [2.75, 3.05) is 39.7 Å². The molecule has 2 unspecified atom stereocenters. The number of carbonyl (C=O) groups is 6. The van der Waals surface area contributed by atoms with Crippen LogP contribution in [0.4, 0.5) is 10.5 Å². The minimum atomic E-state index is -2.79. The van der Waals surface area contributed by atoms with Crippen LogP contribution in [0.25, 0.3) is 0 Å². The molecule has 1 aromatic rings. The van der Waals surface area contributed by atoms with Crippen LogP contribution in [-0.4, -0.2) is 96.7 Å². The fourth-order valence-electron chi connectivity index (χ4n) is 6.59. The quantitative estimate of drug-likeness (QED) is 0.318. The molecule has 3 aliphatic carbocycles. The van der Waals surface area contributed by atoms with E-state index in [1.807, 2.05) is 0 Å². The number of ketones is 4. The van der Waals surface area contributed by atoms with E-state index < -0.39 is 76.2 Å². The fourth-order valence-corrected chi connectivity index (χ4v) is 6.59. The molecule has 2 amide bonds. The van der Waals surface area contributed by atoms with Crippen molar-refractivity contribution in [3.8, 4) is 5.75 Å². The van der Waals surface area contributed by atoms with Gasteiger partial charge in [-0.05, 0) is 51.4 Å². The first-order valence-corrected chi connectivity index (χ1v) is 13.0. The van der Waals surface area contributed by atoms with Crippen LogP contribution in [0.2, 0.25) is 0 Å². The largest absolute Gasteiger partial charge is 0.507 e. The third-order valence-electron chi connectivity index (χ3n) is 8.30. The van der Waals surface area contributed by atoms with Crippen molar-refractivity contribution in [2.45, 2.75) is 38.0 Å². The molecule has 216 valence electrons. The molecular weight excluding hydrogens is 524 g/mol. The Hall–Kier alpha value is -3.84. The zero-order valence-electron chi connectivity index (χ0n) is 23.0. The number of phenolic OH excluding ortho intramolecular Hbond substituents is 1. The van der Waals surface area contributed by atoms with Gasteiger partial charge in [-0.2, -0.15) is 0 Å². The number of benzene rings is 1. The summed E-state index contributed by atoms with van der Waals surface area (Å²) in [6.07, 6.45) is -0.625. The van der Waals surface area contributed by atoms with E-state index in [9.17, 15) is 39.0 Å². The molecule has 0 aliphatic heterocycles. The molecule has 4 rings (SSSR count). The van der Waals surface area contributed by atoms with Gasteiger partial charge in [0, 0.05) is 37.8 Å². The number of nitrogens with one attached hydrogen (secondary N) is 1. The number of carbonyl (C=O) groups excluding carboxylic acids is 6. The Morgan fingerprint density at radius 2 is 1.80 bits per heavy atom. The van der Waals surface area contributed by atoms with Crippen LogP contribution in [0.1, 0.15) is 34.8 Å². The van der Waals surface area contributed by atoms with Crippen molar-refractivity contribution in [2.24, 2.45) is 29.4 Å². The Labute approximate surface area is 230 Å². The molecule has 0 radical (unpaired) electrons. The minimum Gasteiger partial charge on any atom is -0.507 e. The highest BCUT2D eigenvalue weighted by Gasteiger charge is 2.69. The fraction of sp³-hybridized carbons (Fsp3) is 0.556. The summed E-state index contributed by atoms with van der Waals surface area (Å²) >= 11 is 0. The van der Waals surface area contributed by atoms with E-state index in [1.165, 1.54) is 19.0 Å². The molecule has 13 heteroatoms. The third-order valence-corrected chi connectivity index (χ3v) is 8.30. The number of phenols is 1. The zero-order chi connectivity index (χ0) is 29.8. The SMILES string of the molecule is CCOC(=O)NCc1cc(N(C)C)c2c(c1O)C(=O)C1C(=O)[C@]3(O)C(=O)C(C(N)=O)C(=O)[C@@H](N(C)C)[C@@H]3C[C@@H]1C2. The monoisotopic (exact) mass is 558 g/mol. The van der Waals surface area contributed by atoms with E-state index in [0.717, 1.165) is 0 Å². The molecule has 1 aromatic carbocycles. The molecule has 5 N–H and O–H groups in total. The highest BCUT2D eigenvalue weighted by molar-refractivity contribution is 6.32. The number of rotatable bonds is 6. The topological polar surface area (TPSA) is 197 Å². The number of alkyl carbamates (subject to hydrolysis) is 1. The summed E-state index contributed by atoms with van der Waals surface area (Å²) in [5.41, 5.74) is 3.65. The summed E-state index contributed by atoms with van der Waals surface area (Å²) in [5.74, 6) is -11.2. The molecule has 40 heavy (non-hydrogen) atoms. The van der Waals surface area contributed by atoms with Gasteiger partial charge in [-0.3, -0.25) is 28.9 Å². The number of nitrogens with two attached hydrogens (primary N) is 1. The van der Waals surface area contributed by atoms with Crippen LogP contribution in [-0.2, 0) is 36.9 Å². The molecule has 6 atom stereocenters. The van der Waals surface area contributed by atoms with Gasteiger partial charge in [-0.25, -0.2) is 4.79 Å². The van der Waals surface area contributed by atoms with Crippen LogP contribution < -0.4 is 16.0 Å². The lowest BCUT2D eigenvalue weighted by atomic mass is 9.52. The number of primary amides is 1. The third kappa shape index (κ3) is 4.24. The number of nitrogens with zero attached hydrogens (tertiary/aromatic N) is 2. The van der Waals surface area contributed by atoms with Gasteiger partial charge >= 0.3 is 6.09 Å². The number of aliphatic hydroxyl groups is 1. The number of fused-ring (bicyclic) bond motifs is 3. The molecule has 0 aromatic heterocycles. The predicted octanol–water partition coefficient (Wildman–Crippen LogP) is -0.821. The number of anilines is 1. The van der Waals surface area contributed by atoms with Gasteiger partial charge in [0.05, 0.1) is 24.1 Å². The first-order chi connectivity index (χ1) is 18.7. The second-order valence-electron chi connectivity index (χ2n) is 11.0. The molecule has 0 heterocycles. The van der Waals surface area contributed by atoms with Gasteiger partial charge in [-0.15, -0.1) is 0 Å². The van der Waals surface area contributed by atoms with Gasteiger partial charge in [0.25, 0.3) is 0 Å². The first kappa shape index (κ1) is 29.2. The maximum atomic E-state index is 14.0. The number of ether oxygens (including phenoxy) is 1. The molecule has 0 bridgehead atoms. The lowest BCUT2D eigenvalue weighted by molar-refractivity contribution is -0.181. The summed E-state index contributed by atoms with van der Waals surface area (Å²) in [5, 5.41) is 25.3. The van der Waals surface area contributed by atoms with Crippen molar-refractivity contribution in [1.29, 1.82) is 0 Å². The van der Waals surface area contributed by atoms with Gasteiger partial charge in [0.2, 0.25) is 5.91 Å². The lowest BCUT2D eigenvalue weighted by Crippen LogP contribution is -2.74. The Morgan fingerprint density at radius 3 is 2.35 bits per heavy atom. The summed E-state index contributed by atoms with van der Waals surface area (Å²) in [7, 11) is 6.54. The van der Waals surface area contributed by atoms with Crippen LogP contribution >= 0.6 is 0 Å². The number of hydrogen-bond acceptors (Lipinski definition) is 11. The average molecular weight is 559 g/mol. The molecule has 0 saturated heterocycles. The van der Waals surface area contributed by atoms with Gasteiger partial charge in [0.1, 0.15) is 5.75 Å². The van der Waals surface area contributed by atoms with E-state index in [4.69, 9.17) is 10.5 Å².